The molecule has 2 atom stereocenters. The summed E-state index contributed by atoms with van der Waals surface area (Å²) in [6, 6.07) is 10.5. The summed E-state index contributed by atoms with van der Waals surface area (Å²) >= 11 is 0. The normalized spacial score (nSPS) is 25.7. The van der Waals surface area contributed by atoms with Crippen LogP contribution in [-0.4, -0.2) is 41.4 Å². The molecule has 2 N–H and O–H groups in total. The van der Waals surface area contributed by atoms with Gasteiger partial charge in [0.05, 0.1) is 6.61 Å². The van der Waals surface area contributed by atoms with Crippen molar-refractivity contribution in [1.82, 2.24) is 15.7 Å². The molecule has 26 heavy (non-hydrogen) atoms. The minimum Gasteiger partial charge on any atom is -0.338 e. The number of nitrogens with zero attached hydrogens (tertiary/aromatic N) is 1. The van der Waals surface area contributed by atoms with Crippen LogP contribution >= 0.6 is 0 Å². The molecular weight excluding hydrogens is 326 g/mol. The van der Waals surface area contributed by atoms with E-state index in [1.165, 1.54) is 5.56 Å². The maximum Gasteiger partial charge on any atom is 0.314 e. The van der Waals surface area contributed by atoms with Gasteiger partial charge in [0, 0.05) is 23.7 Å². The molecule has 1 aliphatic rings. The van der Waals surface area contributed by atoms with Gasteiger partial charge in [-0.1, -0.05) is 37.3 Å². The SMILES string of the molecule is CCNC(=O)NC1CC(C)(C)N(OCCc2ccccc2)C(C)(CC)C1. The van der Waals surface area contributed by atoms with Crippen LogP contribution in [0, 0.1) is 0 Å². The number of hydroxylamine groups is 2. The van der Waals surface area contributed by atoms with Gasteiger partial charge in [-0.25, -0.2) is 4.79 Å². The van der Waals surface area contributed by atoms with Crippen molar-refractivity contribution in [1.29, 1.82) is 0 Å². The van der Waals surface area contributed by atoms with Crippen molar-refractivity contribution in [3.8, 4) is 0 Å². The molecule has 0 bridgehead atoms. The fourth-order valence-corrected chi connectivity index (χ4v) is 4.12. The molecule has 1 aliphatic heterocycles. The summed E-state index contributed by atoms with van der Waals surface area (Å²) in [5.41, 5.74) is 1.03. The molecule has 2 rings (SSSR count). The fourth-order valence-electron chi connectivity index (χ4n) is 4.12. The van der Waals surface area contributed by atoms with Gasteiger partial charge in [0.25, 0.3) is 0 Å². The minimum atomic E-state index is -0.149. The average Bonchev–Trinajstić information content (AvgIpc) is 2.58. The van der Waals surface area contributed by atoms with E-state index >= 15 is 0 Å². The molecule has 5 heteroatoms. The zero-order valence-electron chi connectivity index (χ0n) is 17.0. The molecule has 1 heterocycles. The molecule has 1 saturated heterocycles. The van der Waals surface area contributed by atoms with Gasteiger partial charge >= 0.3 is 6.03 Å². The van der Waals surface area contributed by atoms with E-state index in [2.05, 4.69) is 67.7 Å². The molecule has 0 saturated carbocycles. The van der Waals surface area contributed by atoms with Crippen molar-refractivity contribution in [2.24, 2.45) is 0 Å². The Morgan fingerprint density at radius 2 is 1.88 bits per heavy atom. The number of piperidine rings is 1. The van der Waals surface area contributed by atoms with Crippen LogP contribution in [0.3, 0.4) is 0 Å². The summed E-state index contributed by atoms with van der Waals surface area (Å²) < 4.78 is 0. The third kappa shape index (κ3) is 5.21. The van der Waals surface area contributed by atoms with Crippen molar-refractivity contribution >= 4 is 6.03 Å². The lowest BCUT2D eigenvalue weighted by atomic mass is 9.76. The highest BCUT2D eigenvalue weighted by Gasteiger charge is 2.48. The molecular formula is C21H35N3O2. The minimum absolute atomic E-state index is 0.0785. The predicted octanol–water partition coefficient (Wildman–Crippen LogP) is 3.89. The van der Waals surface area contributed by atoms with E-state index in [4.69, 9.17) is 4.84 Å². The van der Waals surface area contributed by atoms with E-state index < -0.39 is 0 Å². The van der Waals surface area contributed by atoms with E-state index in [0.717, 1.165) is 25.7 Å². The summed E-state index contributed by atoms with van der Waals surface area (Å²) in [4.78, 5) is 18.3. The van der Waals surface area contributed by atoms with E-state index in [1.54, 1.807) is 0 Å². The Bertz CT molecular complexity index is 576. The van der Waals surface area contributed by atoms with Crippen molar-refractivity contribution in [2.45, 2.75) is 77.4 Å². The topological polar surface area (TPSA) is 53.6 Å². The van der Waals surface area contributed by atoms with Gasteiger partial charge in [-0.2, -0.15) is 5.06 Å². The largest absolute Gasteiger partial charge is 0.338 e. The molecule has 5 nitrogen and oxygen atoms in total. The molecule has 0 spiro atoms. The number of nitrogens with one attached hydrogen (secondary N) is 2. The third-order valence-corrected chi connectivity index (χ3v) is 5.36. The highest BCUT2D eigenvalue weighted by atomic mass is 16.7. The van der Waals surface area contributed by atoms with Crippen molar-refractivity contribution in [2.75, 3.05) is 13.2 Å². The highest BCUT2D eigenvalue weighted by Crippen LogP contribution is 2.40. The number of urea groups is 1. The smallest absolute Gasteiger partial charge is 0.314 e. The van der Waals surface area contributed by atoms with Crippen LogP contribution in [0.1, 0.15) is 59.4 Å². The summed E-state index contributed by atoms with van der Waals surface area (Å²) in [7, 11) is 0. The summed E-state index contributed by atoms with van der Waals surface area (Å²) in [6.45, 7) is 12.1. The summed E-state index contributed by atoms with van der Waals surface area (Å²) in [5.74, 6) is 0. The lowest BCUT2D eigenvalue weighted by Crippen LogP contribution is -2.65. The first-order valence-electron chi connectivity index (χ1n) is 9.82. The van der Waals surface area contributed by atoms with Gasteiger partial charge in [0.15, 0.2) is 0 Å². The van der Waals surface area contributed by atoms with Gasteiger partial charge in [0.2, 0.25) is 0 Å². The summed E-state index contributed by atoms with van der Waals surface area (Å²) in [5, 5.41) is 8.16. The molecule has 0 radical (unpaired) electrons. The maximum absolute atomic E-state index is 12.0. The Balaban J connectivity index is 2.02. The van der Waals surface area contributed by atoms with Crippen LogP contribution in [0.15, 0.2) is 30.3 Å². The Morgan fingerprint density at radius 1 is 1.19 bits per heavy atom. The molecule has 1 aromatic rings. The van der Waals surface area contributed by atoms with Crippen LogP contribution in [0.2, 0.25) is 0 Å². The standard InChI is InChI=1S/C21H35N3O2/c1-6-21(5)16-18(23-19(25)22-7-2)15-20(3,4)24(21)26-14-13-17-11-9-8-10-12-17/h8-12,18H,6-7,13-16H2,1-5H3,(H2,22,23,25). The van der Waals surface area contributed by atoms with E-state index in [-0.39, 0.29) is 23.2 Å². The quantitative estimate of drug-likeness (QED) is 0.775. The van der Waals surface area contributed by atoms with Crippen LogP contribution in [0.25, 0.3) is 0 Å². The number of amides is 2. The predicted molar refractivity (Wildman–Crippen MR) is 106 cm³/mol. The Morgan fingerprint density at radius 3 is 2.50 bits per heavy atom. The Kier molecular flexibility index (Phi) is 7.07. The molecule has 146 valence electrons. The zero-order chi connectivity index (χ0) is 19.2. The van der Waals surface area contributed by atoms with Crippen LogP contribution in [0.5, 0.6) is 0 Å². The Hall–Kier alpha value is -1.59. The second-order valence-electron chi connectivity index (χ2n) is 8.14. The molecule has 2 amide bonds. The number of benzene rings is 1. The number of hydrogen-bond acceptors (Lipinski definition) is 3. The van der Waals surface area contributed by atoms with Crippen LogP contribution < -0.4 is 10.6 Å². The molecule has 1 aromatic carbocycles. The van der Waals surface area contributed by atoms with Crippen LogP contribution in [0.4, 0.5) is 4.79 Å². The summed E-state index contributed by atoms with van der Waals surface area (Å²) in [6.07, 6.45) is 3.61. The van der Waals surface area contributed by atoms with E-state index in [9.17, 15) is 4.79 Å². The number of hydrogen-bond donors (Lipinski definition) is 2. The van der Waals surface area contributed by atoms with Gasteiger partial charge in [0.1, 0.15) is 0 Å². The lowest BCUT2D eigenvalue weighted by molar-refractivity contribution is -0.288. The van der Waals surface area contributed by atoms with Gasteiger partial charge in [-0.15, -0.1) is 0 Å². The molecule has 2 unspecified atom stereocenters. The monoisotopic (exact) mass is 361 g/mol. The highest BCUT2D eigenvalue weighted by molar-refractivity contribution is 5.74. The van der Waals surface area contributed by atoms with Gasteiger partial charge < -0.3 is 10.6 Å². The van der Waals surface area contributed by atoms with Crippen molar-refractivity contribution < 1.29 is 9.63 Å². The Labute approximate surface area is 158 Å². The first-order chi connectivity index (χ1) is 12.3. The van der Waals surface area contributed by atoms with E-state index in [0.29, 0.717) is 13.2 Å². The first-order valence-corrected chi connectivity index (χ1v) is 9.82. The second-order valence-corrected chi connectivity index (χ2v) is 8.14. The van der Waals surface area contributed by atoms with Gasteiger partial charge in [-0.05, 0) is 58.9 Å². The fraction of sp³-hybridized carbons (Fsp3) is 0.667. The van der Waals surface area contributed by atoms with Crippen molar-refractivity contribution in [3.05, 3.63) is 35.9 Å². The lowest BCUT2D eigenvalue weighted by Gasteiger charge is -2.55. The third-order valence-electron chi connectivity index (χ3n) is 5.36. The molecule has 0 aliphatic carbocycles. The maximum atomic E-state index is 12.0. The van der Waals surface area contributed by atoms with Crippen molar-refractivity contribution in [3.63, 3.8) is 0 Å². The van der Waals surface area contributed by atoms with Gasteiger partial charge in [-0.3, -0.25) is 4.84 Å². The molecule has 1 fully saturated rings. The number of carbonyl (C=O) groups excluding carboxylic acids is 1. The van der Waals surface area contributed by atoms with E-state index in [1.807, 2.05) is 13.0 Å². The second kappa shape index (κ2) is 8.87. The average molecular weight is 362 g/mol. The molecule has 0 aromatic heterocycles. The number of rotatable bonds is 7. The zero-order valence-corrected chi connectivity index (χ0v) is 17.0. The number of carbonyl (C=O) groups is 1. The first kappa shape index (κ1) is 20.7. The van der Waals surface area contributed by atoms with Crippen LogP contribution in [-0.2, 0) is 11.3 Å².